The Labute approximate surface area is 65.6 Å². The lowest BCUT2D eigenvalue weighted by molar-refractivity contribution is -0.133. The summed E-state index contributed by atoms with van der Waals surface area (Å²) >= 11 is 0. The molecule has 1 fully saturated rings. The molecule has 0 aromatic rings. The molecule has 1 heterocycles. The zero-order valence-electron chi connectivity index (χ0n) is 6.25. The van der Waals surface area contributed by atoms with Crippen molar-refractivity contribution in [1.82, 2.24) is 4.90 Å². The van der Waals surface area contributed by atoms with Gasteiger partial charge in [-0.25, -0.2) is 6.57 Å². The van der Waals surface area contributed by atoms with Gasteiger partial charge in [-0.1, -0.05) is 0 Å². The summed E-state index contributed by atoms with van der Waals surface area (Å²) in [6, 6.07) is 0. The van der Waals surface area contributed by atoms with Gasteiger partial charge in [0.2, 0.25) is 0 Å². The molecule has 4 heteroatoms. The minimum Gasteiger partial charge on any atom is -0.378 e. The van der Waals surface area contributed by atoms with E-state index < -0.39 is 0 Å². The molecule has 0 unspecified atom stereocenters. The smallest absolute Gasteiger partial charge is 0.302 e. The van der Waals surface area contributed by atoms with E-state index >= 15 is 0 Å². The predicted molar refractivity (Wildman–Crippen MR) is 38.9 cm³/mol. The summed E-state index contributed by atoms with van der Waals surface area (Å²) in [5.74, 6) is -0.0803. The Kier molecular flexibility index (Phi) is 2.87. The Balaban J connectivity index is 2.34. The third kappa shape index (κ3) is 2.20. The first-order valence-corrected chi connectivity index (χ1v) is 3.53. The van der Waals surface area contributed by atoms with Gasteiger partial charge in [-0.3, -0.25) is 4.79 Å². The minimum absolute atomic E-state index is 0.0278. The second kappa shape index (κ2) is 3.94. The minimum atomic E-state index is -0.0803. The lowest BCUT2D eigenvalue weighted by Crippen LogP contribution is -2.41. The van der Waals surface area contributed by atoms with E-state index in [1.807, 2.05) is 0 Å². The van der Waals surface area contributed by atoms with Crippen LogP contribution >= 0.6 is 0 Å². The van der Waals surface area contributed by atoms with E-state index in [0.717, 1.165) is 0 Å². The van der Waals surface area contributed by atoms with Crippen LogP contribution in [0, 0.1) is 6.57 Å². The molecular weight excluding hydrogens is 144 g/mol. The summed E-state index contributed by atoms with van der Waals surface area (Å²) in [4.78, 5) is 15.8. The van der Waals surface area contributed by atoms with Gasteiger partial charge in [-0.05, 0) is 0 Å². The van der Waals surface area contributed by atoms with E-state index in [-0.39, 0.29) is 12.5 Å². The van der Waals surface area contributed by atoms with Crippen LogP contribution in [0.5, 0.6) is 0 Å². The first kappa shape index (κ1) is 8.02. The fraction of sp³-hybridized carbons (Fsp3) is 0.714. The zero-order chi connectivity index (χ0) is 8.10. The van der Waals surface area contributed by atoms with Crippen molar-refractivity contribution in [3.05, 3.63) is 11.4 Å². The summed E-state index contributed by atoms with van der Waals surface area (Å²) in [6.45, 7) is 8.94. The number of hydrogen-bond donors (Lipinski definition) is 0. The number of rotatable bonds is 1. The number of amides is 1. The Hall–Kier alpha value is -1.08. The van der Waals surface area contributed by atoms with Crippen LogP contribution in [0.2, 0.25) is 0 Å². The largest absolute Gasteiger partial charge is 0.378 e. The summed E-state index contributed by atoms with van der Waals surface area (Å²) in [7, 11) is 0. The summed E-state index contributed by atoms with van der Waals surface area (Å²) in [5, 5.41) is 0. The molecule has 0 atom stereocenters. The highest BCUT2D eigenvalue weighted by atomic mass is 16.5. The molecule has 0 radical (unpaired) electrons. The summed E-state index contributed by atoms with van der Waals surface area (Å²) in [6.07, 6.45) is 0. The van der Waals surface area contributed by atoms with Crippen molar-refractivity contribution in [2.24, 2.45) is 0 Å². The van der Waals surface area contributed by atoms with Crippen LogP contribution in [0.25, 0.3) is 4.85 Å². The normalized spacial score (nSPS) is 17.5. The van der Waals surface area contributed by atoms with Crippen molar-refractivity contribution in [2.75, 3.05) is 32.8 Å². The number of morpholine rings is 1. The van der Waals surface area contributed by atoms with Crippen molar-refractivity contribution in [1.29, 1.82) is 0 Å². The van der Waals surface area contributed by atoms with Crippen LogP contribution in [0.4, 0.5) is 0 Å². The van der Waals surface area contributed by atoms with E-state index in [2.05, 4.69) is 4.85 Å². The van der Waals surface area contributed by atoms with Crippen LogP contribution in [0.15, 0.2) is 0 Å². The van der Waals surface area contributed by atoms with Gasteiger partial charge in [0.1, 0.15) is 0 Å². The molecule has 1 amide bonds. The molecule has 0 aromatic carbocycles. The third-order valence-corrected chi connectivity index (χ3v) is 1.58. The van der Waals surface area contributed by atoms with Crippen molar-refractivity contribution in [3.63, 3.8) is 0 Å². The monoisotopic (exact) mass is 154 g/mol. The standard InChI is InChI=1S/C7H10N2O2/c1-8-6-7(10)9-2-4-11-5-3-9/h2-6H2. The molecule has 4 nitrogen and oxygen atoms in total. The number of hydrogen-bond acceptors (Lipinski definition) is 2. The van der Waals surface area contributed by atoms with Gasteiger partial charge in [-0.15, -0.1) is 0 Å². The van der Waals surface area contributed by atoms with Crippen LogP contribution in [0.1, 0.15) is 0 Å². The Morgan fingerprint density at radius 1 is 1.55 bits per heavy atom. The van der Waals surface area contributed by atoms with Gasteiger partial charge in [0.15, 0.2) is 0 Å². The molecule has 0 aromatic heterocycles. The van der Waals surface area contributed by atoms with Crippen LogP contribution in [-0.2, 0) is 9.53 Å². The number of nitrogens with zero attached hydrogens (tertiary/aromatic N) is 2. The number of carbonyl (C=O) groups is 1. The second-order valence-electron chi connectivity index (χ2n) is 2.31. The second-order valence-corrected chi connectivity index (χ2v) is 2.31. The fourth-order valence-electron chi connectivity index (χ4n) is 0.980. The highest BCUT2D eigenvalue weighted by molar-refractivity contribution is 5.79. The molecule has 1 aliphatic heterocycles. The molecule has 0 saturated carbocycles. The first-order chi connectivity index (χ1) is 5.34. The maximum absolute atomic E-state index is 11.1. The van der Waals surface area contributed by atoms with E-state index in [4.69, 9.17) is 11.3 Å². The van der Waals surface area contributed by atoms with Gasteiger partial charge in [-0.2, -0.15) is 0 Å². The topological polar surface area (TPSA) is 33.9 Å². The molecular formula is C7H10N2O2. The lowest BCUT2D eigenvalue weighted by Gasteiger charge is -2.24. The van der Waals surface area contributed by atoms with E-state index in [1.54, 1.807) is 4.90 Å². The molecule has 60 valence electrons. The molecule has 1 saturated heterocycles. The van der Waals surface area contributed by atoms with Gasteiger partial charge >= 0.3 is 5.91 Å². The van der Waals surface area contributed by atoms with Crippen LogP contribution in [0.3, 0.4) is 0 Å². The molecule has 0 aliphatic carbocycles. The highest BCUT2D eigenvalue weighted by Gasteiger charge is 2.17. The summed E-state index contributed by atoms with van der Waals surface area (Å²) < 4.78 is 5.06. The van der Waals surface area contributed by atoms with Gasteiger partial charge in [0.05, 0.1) is 13.2 Å². The van der Waals surface area contributed by atoms with Gasteiger partial charge in [0.25, 0.3) is 6.54 Å². The maximum Gasteiger partial charge on any atom is 0.302 e. The van der Waals surface area contributed by atoms with Crippen LogP contribution in [-0.4, -0.2) is 43.7 Å². The van der Waals surface area contributed by atoms with Crippen molar-refractivity contribution < 1.29 is 9.53 Å². The van der Waals surface area contributed by atoms with Crippen LogP contribution < -0.4 is 0 Å². The zero-order valence-corrected chi connectivity index (χ0v) is 6.25. The quantitative estimate of drug-likeness (QED) is 0.489. The van der Waals surface area contributed by atoms with E-state index in [0.29, 0.717) is 26.3 Å². The number of ether oxygens (including phenoxy) is 1. The molecule has 0 N–H and O–H groups in total. The molecule has 1 aliphatic rings. The average molecular weight is 154 g/mol. The fourth-order valence-corrected chi connectivity index (χ4v) is 0.980. The molecule has 0 spiro atoms. The lowest BCUT2D eigenvalue weighted by atomic mass is 10.4. The first-order valence-electron chi connectivity index (χ1n) is 3.53. The molecule has 11 heavy (non-hydrogen) atoms. The Morgan fingerprint density at radius 2 is 2.18 bits per heavy atom. The molecule has 0 bridgehead atoms. The average Bonchev–Trinajstić information content (AvgIpc) is 2.07. The van der Waals surface area contributed by atoms with Crippen molar-refractivity contribution in [2.45, 2.75) is 0 Å². The van der Waals surface area contributed by atoms with E-state index in [9.17, 15) is 4.79 Å². The predicted octanol–water partition coefficient (Wildman–Crippen LogP) is -0.236. The summed E-state index contributed by atoms with van der Waals surface area (Å²) in [5.41, 5.74) is 0. The van der Waals surface area contributed by atoms with Crippen molar-refractivity contribution >= 4 is 5.91 Å². The molecule has 1 rings (SSSR count). The van der Waals surface area contributed by atoms with Gasteiger partial charge < -0.3 is 14.5 Å². The Bertz CT molecular complexity index is 179. The SMILES string of the molecule is [C-]#[N+]CC(=O)N1CCOCC1. The Morgan fingerprint density at radius 3 is 2.73 bits per heavy atom. The third-order valence-electron chi connectivity index (χ3n) is 1.58. The van der Waals surface area contributed by atoms with Gasteiger partial charge in [0, 0.05) is 13.1 Å². The number of carbonyl (C=O) groups excluding carboxylic acids is 1. The van der Waals surface area contributed by atoms with Crippen molar-refractivity contribution in [3.8, 4) is 0 Å². The van der Waals surface area contributed by atoms with E-state index in [1.165, 1.54) is 0 Å². The highest BCUT2D eigenvalue weighted by Crippen LogP contribution is 1.96. The maximum atomic E-state index is 11.1.